The predicted molar refractivity (Wildman–Crippen MR) is 92.0 cm³/mol. The number of hydrogen-bond acceptors (Lipinski definition) is 5. The van der Waals surface area contributed by atoms with Gasteiger partial charge in [0.05, 0.1) is 17.4 Å². The summed E-state index contributed by atoms with van der Waals surface area (Å²) in [5.41, 5.74) is 0.766. The number of carbonyl (C=O) groups is 2. The number of methoxy groups -OCH3 is 1. The summed E-state index contributed by atoms with van der Waals surface area (Å²) in [6.07, 6.45) is 0. The Balaban J connectivity index is 3.01. The second kappa shape index (κ2) is 8.93. The Hall–Kier alpha value is -1.97. The van der Waals surface area contributed by atoms with Crippen molar-refractivity contribution in [2.45, 2.75) is 31.7 Å². The van der Waals surface area contributed by atoms with E-state index in [9.17, 15) is 18.0 Å². The minimum Gasteiger partial charge on any atom is -0.481 e. The van der Waals surface area contributed by atoms with Gasteiger partial charge in [-0.05, 0) is 38.5 Å². The molecule has 8 nitrogen and oxygen atoms in total. The Morgan fingerprint density at radius 3 is 2.48 bits per heavy atom. The van der Waals surface area contributed by atoms with Crippen LogP contribution >= 0.6 is 0 Å². The zero-order valence-electron chi connectivity index (χ0n) is 14.7. The highest BCUT2D eigenvalue weighted by molar-refractivity contribution is 7.89. The van der Waals surface area contributed by atoms with Crippen LogP contribution in [-0.2, 0) is 19.6 Å². The number of rotatable bonds is 9. The van der Waals surface area contributed by atoms with E-state index in [1.165, 1.54) is 32.2 Å². The van der Waals surface area contributed by atoms with Crippen LogP contribution in [0.3, 0.4) is 0 Å². The molecule has 0 aromatic heterocycles. The zero-order chi connectivity index (χ0) is 19.2. The van der Waals surface area contributed by atoms with Gasteiger partial charge in [-0.3, -0.25) is 9.59 Å². The zero-order valence-corrected chi connectivity index (χ0v) is 15.5. The maximum atomic E-state index is 12.4. The van der Waals surface area contributed by atoms with Gasteiger partial charge in [-0.25, -0.2) is 13.1 Å². The summed E-state index contributed by atoms with van der Waals surface area (Å²) in [5, 5.41) is 11.6. The van der Waals surface area contributed by atoms with E-state index in [0.29, 0.717) is 5.56 Å². The number of sulfonamides is 1. The first kappa shape index (κ1) is 21.1. The van der Waals surface area contributed by atoms with Gasteiger partial charge in [-0.15, -0.1) is 0 Å². The first-order chi connectivity index (χ1) is 11.6. The molecule has 2 atom stereocenters. The predicted octanol–water partition coefficient (Wildman–Crippen LogP) is 0.759. The number of hydrogen-bond donors (Lipinski definition) is 3. The molecule has 0 aliphatic carbocycles. The molecule has 0 fully saturated rings. The van der Waals surface area contributed by atoms with Gasteiger partial charge in [0.15, 0.2) is 0 Å². The molecule has 1 rings (SSSR count). The number of aliphatic carboxylic acids is 1. The molecule has 25 heavy (non-hydrogen) atoms. The highest BCUT2D eigenvalue weighted by Crippen LogP contribution is 2.16. The second-order valence-electron chi connectivity index (χ2n) is 5.76. The SMILES string of the molecule is COCCNS(=O)(=O)c1ccc(C)c(C(=O)NC(C)C(C)C(=O)O)c1. The Kier molecular flexibility index (Phi) is 7.53. The molecule has 1 aromatic rings. The molecule has 0 saturated heterocycles. The fourth-order valence-electron chi connectivity index (χ4n) is 2.00. The number of benzene rings is 1. The molecule has 0 saturated carbocycles. The van der Waals surface area contributed by atoms with Gasteiger partial charge in [0.25, 0.3) is 5.91 Å². The standard InChI is InChI=1S/C16H24N2O6S/c1-10-5-6-13(25(22,23)17-7-8-24-4)9-14(10)15(19)18-12(3)11(2)16(20)21/h5-6,9,11-12,17H,7-8H2,1-4H3,(H,18,19)(H,20,21). The Bertz CT molecular complexity index is 732. The van der Waals surface area contributed by atoms with Crippen LogP contribution in [-0.4, -0.2) is 51.7 Å². The Labute approximate surface area is 147 Å². The number of carboxylic acids is 1. The Morgan fingerprint density at radius 2 is 1.92 bits per heavy atom. The van der Waals surface area contributed by atoms with Crippen molar-refractivity contribution in [3.8, 4) is 0 Å². The minimum absolute atomic E-state index is 0.0433. The molecule has 0 spiro atoms. The van der Waals surface area contributed by atoms with Crippen LogP contribution < -0.4 is 10.0 Å². The van der Waals surface area contributed by atoms with E-state index in [2.05, 4.69) is 10.0 Å². The molecular weight excluding hydrogens is 348 g/mol. The summed E-state index contributed by atoms with van der Waals surface area (Å²) in [6.45, 7) is 5.08. The largest absolute Gasteiger partial charge is 0.481 e. The highest BCUT2D eigenvalue weighted by Gasteiger charge is 2.23. The lowest BCUT2D eigenvalue weighted by Crippen LogP contribution is -2.40. The van der Waals surface area contributed by atoms with Crippen LogP contribution in [0.25, 0.3) is 0 Å². The van der Waals surface area contributed by atoms with Crippen LogP contribution in [0.15, 0.2) is 23.1 Å². The van der Waals surface area contributed by atoms with Gasteiger partial charge < -0.3 is 15.2 Å². The molecule has 0 bridgehead atoms. The van der Waals surface area contributed by atoms with Crippen molar-refractivity contribution in [1.29, 1.82) is 0 Å². The van der Waals surface area contributed by atoms with E-state index in [-0.39, 0.29) is 23.6 Å². The number of carbonyl (C=O) groups excluding carboxylic acids is 1. The summed E-state index contributed by atoms with van der Waals surface area (Å²) >= 11 is 0. The van der Waals surface area contributed by atoms with Crippen molar-refractivity contribution in [1.82, 2.24) is 10.0 Å². The van der Waals surface area contributed by atoms with E-state index in [1.54, 1.807) is 13.8 Å². The van der Waals surface area contributed by atoms with Gasteiger partial charge >= 0.3 is 5.97 Å². The average Bonchev–Trinajstić information content (AvgIpc) is 2.54. The molecular formula is C16H24N2O6S. The first-order valence-electron chi connectivity index (χ1n) is 7.73. The second-order valence-corrected chi connectivity index (χ2v) is 7.52. The fourth-order valence-corrected chi connectivity index (χ4v) is 3.04. The maximum Gasteiger partial charge on any atom is 0.308 e. The third-order valence-electron chi connectivity index (χ3n) is 3.86. The molecule has 0 heterocycles. The minimum atomic E-state index is -3.77. The first-order valence-corrected chi connectivity index (χ1v) is 9.21. The molecule has 1 amide bonds. The molecule has 140 valence electrons. The van der Waals surface area contributed by atoms with Gasteiger partial charge in [-0.2, -0.15) is 0 Å². The summed E-state index contributed by atoms with van der Waals surface area (Å²) in [6, 6.07) is 3.61. The quantitative estimate of drug-likeness (QED) is 0.550. The average molecular weight is 372 g/mol. The summed E-state index contributed by atoms with van der Waals surface area (Å²) in [7, 11) is -2.31. The van der Waals surface area contributed by atoms with E-state index < -0.39 is 33.9 Å². The number of carboxylic acid groups (broad SMARTS) is 1. The van der Waals surface area contributed by atoms with Crippen molar-refractivity contribution >= 4 is 21.9 Å². The lowest BCUT2D eigenvalue weighted by Gasteiger charge is -2.18. The molecule has 9 heteroatoms. The number of aryl methyl sites for hydroxylation is 1. The van der Waals surface area contributed by atoms with E-state index in [4.69, 9.17) is 9.84 Å². The van der Waals surface area contributed by atoms with E-state index >= 15 is 0 Å². The normalized spacial score (nSPS) is 13.9. The van der Waals surface area contributed by atoms with Crippen LogP contribution in [0, 0.1) is 12.8 Å². The maximum absolute atomic E-state index is 12.4. The van der Waals surface area contributed by atoms with Crippen molar-refractivity contribution in [3.05, 3.63) is 29.3 Å². The fraction of sp³-hybridized carbons (Fsp3) is 0.500. The topological polar surface area (TPSA) is 122 Å². The smallest absolute Gasteiger partial charge is 0.308 e. The number of amides is 1. The van der Waals surface area contributed by atoms with Crippen molar-refractivity contribution in [2.75, 3.05) is 20.3 Å². The summed E-state index contributed by atoms with van der Waals surface area (Å²) in [5.74, 6) is -2.32. The van der Waals surface area contributed by atoms with Crippen LogP contribution in [0.2, 0.25) is 0 Å². The molecule has 0 aliphatic rings. The van der Waals surface area contributed by atoms with Gasteiger partial charge in [0.1, 0.15) is 0 Å². The van der Waals surface area contributed by atoms with Crippen molar-refractivity contribution in [2.24, 2.45) is 5.92 Å². The molecule has 2 unspecified atom stereocenters. The highest BCUT2D eigenvalue weighted by atomic mass is 32.2. The molecule has 3 N–H and O–H groups in total. The lowest BCUT2D eigenvalue weighted by atomic mass is 10.0. The van der Waals surface area contributed by atoms with Crippen molar-refractivity contribution < 1.29 is 27.9 Å². The molecule has 0 aliphatic heterocycles. The monoisotopic (exact) mass is 372 g/mol. The molecule has 0 radical (unpaired) electrons. The van der Waals surface area contributed by atoms with E-state index in [0.717, 1.165) is 0 Å². The summed E-state index contributed by atoms with van der Waals surface area (Å²) in [4.78, 5) is 23.3. The summed E-state index contributed by atoms with van der Waals surface area (Å²) < 4.78 is 31.6. The lowest BCUT2D eigenvalue weighted by molar-refractivity contribution is -0.141. The van der Waals surface area contributed by atoms with Crippen LogP contribution in [0.5, 0.6) is 0 Å². The van der Waals surface area contributed by atoms with Crippen LogP contribution in [0.1, 0.15) is 29.8 Å². The molecule has 1 aromatic carbocycles. The van der Waals surface area contributed by atoms with Gasteiger partial charge in [0.2, 0.25) is 10.0 Å². The number of ether oxygens (including phenoxy) is 1. The number of nitrogens with one attached hydrogen (secondary N) is 2. The van der Waals surface area contributed by atoms with Gasteiger partial charge in [-0.1, -0.05) is 6.07 Å². The third kappa shape index (κ3) is 5.80. The van der Waals surface area contributed by atoms with E-state index in [1.807, 2.05) is 0 Å². The third-order valence-corrected chi connectivity index (χ3v) is 5.32. The Morgan fingerprint density at radius 1 is 1.28 bits per heavy atom. The van der Waals surface area contributed by atoms with Crippen LogP contribution in [0.4, 0.5) is 0 Å². The van der Waals surface area contributed by atoms with Crippen molar-refractivity contribution in [3.63, 3.8) is 0 Å². The van der Waals surface area contributed by atoms with Gasteiger partial charge in [0, 0.05) is 25.3 Å².